The van der Waals surface area contributed by atoms with E-state index in [1.54, 1.807) is 60.7 Å². The van der Waals surface area contributed by atoms with E-state index in [1.807, 2.05) is 0 Å². The van der Waals surface area contributed by atoms with E-state index in [0.29, 0.717) is 16.9 Å². The van der Waals surface area contributed by atoms with Crippen LogP contribution < -0.4 is 10.1 Å². The second kappa shape index (κ2) is 10.5. The van der Waals surface area contributed by atoms with E-state index in [9.17, 15) is 22.8 Å². The summed E-state index contributed by atoms with van der Waals surface area (Å²) in [6.45, 7) is -0.763. The zero-order chi connectivity index (χ0) is 23.8. The second-order valence-corrected chi connectivity index (χ2v) is 6.83. The molecule has 3 aromatic rings. The van der Waals surface area contributed by atoms with Crippen molar-refractivity contribution in [2.24, 2.45) is 0 Å². The first kappa shape index (κ1) is 23.6. The van der Waals surface area contributed by atoms with Crippen molar-refractivity contribution >= 4 is 29.2 Å². The van der Waals surface area contributed by atoms with Crippen LogP contribution in [0.2, 0.25) is 0 Å². The van der Waals surface area contributed by atoms with Crippen LogP contribution in [0.15, 0.2) is 78.9 Å². The standard InChI is InChI=1S/C25H20F3NO4/c1-32-22-14-8-5-11-18(22)15-19(17-9-3-2-4-10-17)24(31)33-16-23(30)29-21-13-7-6-12-20(21)25(26,27)28/h2-15H,16H2,1H3,(H,29,30)/b19-15+. The molecule has 0 aliphatic heterocycles. The summed E-state index contributed by atoms with van der Waals surface area (Å²) in [6.07, 6.45) is -3.08. The number of methoxy groups -OCH3 is 1. The topological polar surface area (TPSA) is 64.6 Å². The van der Waals surface area contributed by atoms with Gasteiger partial charge in [-0.2, -0.15) is 13.2 Å². The predicted molar refractivity (Wildman–Crippen MR) is 118 cm³/mol. The van der Waals surface area contributed by atoms with Gasteiger partial charge in [-0.3, -0.25) is 4.79 Å². The summed E-state index contributed by atoms with van der Waals surface area (Å²) in [6, 6.07) is 20.2. The fraction of sp³-hybridized carbons (Fsp3) is 0.120. The molecule has 5 nitrogen and oxygen atoms in total. The van der Waals surface area contributed by atoms with Gasteiger partial charge in [0, 0.05) is 5.56 Å². The van der Waals surface area contributed by atoms with Crippen LogP contribution >= 0.6 is 0 Å². The van der Waals surface area contributed by atoms with Gasteiger partial charge in [-0.05, 0) is 29.8 Å². The average Bonchev–Trinajstić information content (AvgIpc) is 2.81. The van der Waals surface area contributed by atoms with E-state index >= 15 is 0 Å². The maximum Gasteiger partial charge on any atom is 0.418 e. The molecule has 1 amide bonds. The zero-order valence-corrected chi connectivity index (χ0v) is 17.6. The van der Waals surface area contributed by atoms with Crippen LogP contribution in [-0.2, 0) is 20.5 Å². The van der Waals surface area contributed by atoms with Crippen LogP contribution in [0.4, 0.5) is 18.9 Å². The van der Waals surface area contributed by atoms with E-state index in [1.165, 1.54) is 19.2 Å². The molecule has 0 unspecified atom stereocenters. The number of carbonyl (C=O) groups is 2. The highest BCUT2D eigenvalue weighted by Gasteiger charge is 2.33. The van der Waals surface area contributed by atoms with Crippen LogP contribution in [-0.4, -0.2) is 25.6 Å². The van der Waals surface area contributed by atoms with Crippen molar-refractivity contribution < 1.29 is 32.2 Å². The Morgan fingerprint density at radius 2 is 1.55 bits per heavy atom. The molecule has 0 spiro atoms. The number of anilines is 1. The normalized spacial score (nSPS) is 11.6. The number of carbonyl (C=O) groups excluding carboxylic acids is 2. The fourth-order valence-electron chi connectivity index (χ4n) is 3.05. The van der Waals surface area contributed by atoms with E-state index in [2.05, 4.69) is 5.32 Å². The molecule has 0 aliphatic rings. The van der Waals surface area contributed by atoms with Crippen LogP contribution in [0.1, 0.15) is 16.7 Å². The summed E-state index contributed by atoms with van der Waals surface area (Å²) < 4.78 is 49.8. The SMILES string of the molecule is COc1ccccc1/C=C(/C(=O)OCC(=O)Nc1ccccc1C(F)(F)F)c1ccccc1. The van der Waals surface area contributed by atoms with Crippen molar-refractivity contribution in [1.29, 1.82) is 0 Å². The molecule has 33 heavy (non-hydrogen) atoms. The largest absolute Gasteiger partial charge is 0.496 e. The van der Waals surface area contributed by atoms with Crippen molar-refractivity contribution in [3.63, 3.8) is 0 Å². The fourth-order valence-corrected chi connectivity index (χ4v) is 3.05. The summed E-state index contributed by atoms with van der Waals surface area (Å²) in [7, 11) is 1.50. The third kappa shape index (κ3) is 6.22. The van der Waals surface area contributed by atoms with Crippen LogP contribution in [0.5, 0.6) is 5.75 Å². The Kier molecular flexibility index (Phi) is 7.50. The number of para-hydroxylation sites is 2. The Morgan fingerprint density at radius 1 is 0.909 bits per heavy atom. The lowest BCUT2D eigenvalue weighted by Gasteiger charge is -2.14. The smallest absolute Gasteiger partial charge is 0.418 e. The summed E-state index contributed by atoms with van der Waals surface area (Å²) >= 11 is 0. The van der Waals surface area contributed by atoms with Gasteiger partial charge in [0.25, 0.3) is 5.91 Å². The molecule has 0 bridgehead atoms. The van der Waals surface area contributed by atoms with E-state index < -0.39 is 35.9 Å². The van der Waals surface area contributed by atoms with Crippen molar-refractivity contribution in [1.82, 2.24) is 0 Å². The van der Waals surface area contributed by atoms with Crippen molar-refractivity contribution in [3.8, 4) is 5.75 Å². The molecular weight excluding hydrogens is 435 g/mol. The lowest BCUT2D eigenvalue weighted by Crippen LogP contribution is -2.23. The van der Waals surface area contributed by atoms with Gasteiger partial charge in [0.15, 0.2) is 6.61 Å². The van der Waals surface area contributed by atoms with Crippen LogP contribution in [0, 0.1) is 0 Å². The van der Waals surface area contributed by atoms with Gasteiger partial charge in [0.2, 0.25) is 0 Å². The molecule has 0 aromatic heterocycles. The van der Waals surface area contributed by atoms with Gasteiger partial charge in [0.05, 0.1) is 23.9 Å². The first-order chi connectivity index (χ1) is 15.8. The molecule has 0 saturated carbocycles. The minimum Gasteiger partial charge on any atom is -0.496 e. The molecule has 3 aromatic carbocycles. The number of alkyl halides is 3. The van der Waals surface area contributed by atoms with Crippen molar-refractivity contribution in [2.45, 2.75) is 6.18 Å². The van der Waals surface area contributed by atoms with Crippen LogP contribution in [0.3, 0.4) is 0 Å². The van der Waals surface area contributed by atoms with Crippen LogP contribution in [0.25, 0.3) is 11.6 Å². The maximum atomic E-state index is 13.1. The molecule has 0 heterocycles. The van der Waals surface area contributed by atoms with E-state index in [0.717, 1.165) is 12.1 Å². The minimum atomic E-state index is -4.64. The summed E-state index contributed by atoms with van der Waals surface area (Å²) in [5.41, 5.74) is -0.108. The van der Waals surface area contributed by atoms with Gasteiger partial charge < -0.3 is 14.8 Å². The lowest BCUT2D eigenvalue weighted by atomic mass is 10.0. The molecule has 0 radical (unpaired) electrons. The number of nitrogens with one attached hydrogen (secondary N) is 1. The number of hydrogen-bond donors (Lipinski definition) is 1. The van der Waals surface area contributed by atoms with E-state index in [-0.39, 0.29) is 5.57 Å². The number of hydrogen-bond acceptors (Lipinski definition) is 4. The summed E-state index contributed by atoms with van der Waals surface area (Å²) in [5, 5.41) is 2.14. The molecule has 1 N–H and O–H groups in total. The van der Waals surface area contributed by atoms with E-state index in [4.69, 9.17) is 9.47 Å². The maximum absolute atomic E-state index is 13.1. The molecule has 0 saturated heterocycles. The number of rotatable bonds is 7. The highest BCUT2D eigenvalue weighted by Crippen LogP contribution is 2.34. The molecule has 3 rings (SSSR count). The quantitative estimate of drug-likeness (QED) is 0.293. The third-order valence-corrected chi connectivity index (χ3v) is 4.58. The Hall–Kier alpha value is -4.07. The Balaban J connectivity index is 1.79. The zero-order valence-electron chi connectivity index (χ0n) is 17.6. The van der Waals surface area contributed by atoms with Crippen molar-refractivity contribution in [2.75, 3.05) is 19.0 Å². The number of amides is 1. The predicted octanol–water partition coefficient (Wildman–Crippen LogP) is 5.44. The Labute approximate surface area is 188 Å². The molecule has 8 heteroatoms. The number of halogens is 3. The first-order valence-electron chi connectivity index (χ1n) is 9.83. The van der Waals surface area contributed by atoms with Gasteiger partial charge in [-0.15, -0.1) is 0 Å². The molecule has 0 aliphatic carbocycles. The van der Waals surface area contributed by atoms with Gasteiger partial charge in [-0.25, -0.2) is 4.79 Å². The lowest BCUT2D eigenvalue weighted by molar-refractivity contribution is -0.141. The third-order valence-electron chi connectivity index (χ3n) is 4.58. The van der Waals surface area contributed by atoms with Gasteiger partial charge >= 0.3 is 12.1 Å². The summed E-state index contributed by atoms with van der Waals surface area (Å²) in [4.78, 5) is 25.1. The number of ether oxygens (including phenoxy) is 2. The average molecular weight is 455 g/mol. The van der Waals surface area contributed by atoms with Crippen molar-refractivity contribution in [3.05, 3.63) is 95.6 Å². The summed E-state index contributed by atoms with van der Waals surface area (Å²) in [5.74, 6) is -1.18. The highest BCUT2D eigenvalue weighted by molar-refractivity contribution is 6.22. The van der Waals surface area contributed by atoms with Gasteiger partial charge in [0.1, 0.15) is 5.75 Å². The number of benzene rings is 3. The second-order valence-electron chi connectivity index (χ2n) is 6.83. The molecular formula is C25H20F3NO4. The number of esters is 1. The Bertz CT molecular complexity index is 1160. The first-order valence-corrected chi connectivity index (χ1v) is 9.83. The molecule has 0 fully saturated rings. The molecule has 0 atom stereocenters. The minimum absolute atomic E-state index is 0.156. The van der Waals surface area contributed by atoms with Gasteiger partial charge in [-0.1, -0.05) is 60.7 Å². The Morgan fingerprint density at radius 3 is 2.24 bits per heavy atom. The monoisotopic (exact) mass is 455 g/mol. The highest BCUT2D eigenvalue weighted by atomic mass is 19.4. The molecule has 170 valence electrons.